The van der Waals surface area contributed by atoms with E-state index in [1.807, 2.05) is 69.2 Å². The van der Waals surface area contributed by atoms with E-state index in [2.05, 4.69) is 6.07 Å². The summed E-state index contributed by atoms with van der Waals surface area (Å²) in [6.45, 7) is 6.67. The van der Waals surface area contributed by atoms with Crippen molar-refractivity contribution < 1.29 is 34.1 Å². The summed E-state index contributed by atoms with van der Waals surface area (Å²) in [4.78, 5) is 49.4. The fraction of sp³-hybridized carbons (Fsp3) is 0.333. The van der Waals surface area contributed by atoms with Gasteiger partial charge in [0, 0.05) is 37.1 Å². The van der Waals surface area contributed by atoms with E-state index in [1.54, 1.807) is 16.7 Å². The van der Waals surface area contributed by atoms with E-state index in [1.165, 1.54) is 6.92 Å². The largest absolute Gasteiger partial charge is 0.478 e. The number of amides is 1. The second-order valence-corrected chi connectivity index (χ2v) is 9.94. The Hall–Kier alpha value is -3.63. The predicted octanol–water partition coefficient (Wildman–Crippen LogP) is 3.69. The lowest BCUT2D eigenvalue weighted by molar-refractivity contribution is -0.152. The number of aryl methyl sites for hydroxylation is 2. The fourth-order valence-corrected chi connectivity index (χ4v) is 4.92. The maximum absolute atomic E-state index is 13.6. The maximum Gasteiger partial charge on any atom is 0.328 e. The van der Waals surface area contributed by atoms with Gasteiger partial charge in [0.1, 0.15) is 0 Å². The van der Waals surface area contributed by atoms with E-state index < -0.39 is 24.0 Å². The predicted molar refractivity (Wildman–Crippen MR) is 142 cm³/mol. The van der Waals surface area contributed by atoms with E-state index in [9.17, 15) is 19.2 Å². The second-order valence-electron chi connectivity index (χ2n) is 8.75. The molecule has 0 saturated carbocycles. The molecule has 2 N–H and O–H groups in total. The molecule has 3 rings (SSSR count). The lowest BCUT2D eigenvalue weighted by atomic mass is 10.0. The number of hydrogen-bond donors (Lipinski definition) is 2. The molecule has 0 aliphatic carbocycles. The molecule has 0 bridgehead atoms. The molecule has 2 aromatic rings. The lowest BCUT2D eigenvalue weighted by Gasteiger charge is -2.28. The molecule has 2 aromatic carbocycles. The van der Waals surface area contributed by atoms with Crippen LogP contribution in [-0.2, 0) is 23.9 Å². The van der Waals surface area contributed by atoms with E-state index >= 15 is 0 Å². The number of aliphatic carboxylic acids is 2. The molecule has 1 aliphatic rings. The lowest BCUT2D eigenvalue weighted by Crippen LogP contribution is -2.45. The summed E-state index contributed by atoms with van der Waals surface area (Å²) in [6.07, 6.45) is 0.236. The molecule has 37 heavy (non-hydrogen) atoms. The summed E-state index contributed by atoms with van der Waals surface area (Å²) >= 11 is 1.59. The molecule has 1 heterocycles. The summed E-state index contributed by atoms with van der Waals surface area (Å²) in [5.74, 6) is -3.14. The van der Waals surface area contributed by atoms with Crippen molar-refractivity contribution >= 4 is 41.3 Å². The van der Waals surface area contributed by atoms with Crippen molar-refractivity contribution in [3.8, 4) is 0 Å². The van der Waals surface area contributed by atoms with Gasteiger partial charge in [-0.2, -0.15) is 0 Å². The van der Waals surface area contributed by atoms with Gasteiger partial charge in [-0.1, -0.05) is 35.9 Å². The Morgan fingerprint density at radius 2 is 1.57 bits per heavy atom. The van der Waals surface area contributed by atoms with Gasteiger partial charge in [0.15, 0.2) is 6.10 Å². The number of likely N-dealkylation sites (N-methyl/N-ethyl adjacent to an activating group) is 1. The molecule has 0 radical (unpaired) electrons. The number of nitrogens with zero attached hydrogens (tertiary/aromatic N) is 2. The highest BCUT2D eigenvalue weighted by Crippen LogP contribution is 2.47. The highest BCUT2D eigenvalue weighted by atomic mass is 32.2. The normalized spacial score (nSPS) is 17.0. The van der Waals surface area contributed by atoms with Crippen LogP contribution in [0.3, 0.4) is 0 Å². The molecule has 1 amide bonds. The summed E-state index contributed by atoms with van der Waals surface area (Å²) in [5.41, 5.74) is 4.12. The highest BCUT2D eigenvalue weighted by molar-refractivity contribution is 7.99. The van der Waals surface area contributed by atoms with Gasteiger partial charge in [-0.3, -0.25) is 9.59 Å². The van der Waals surface area contributed by atoms with Crippen LogP contribution in [0.15, 0.2) is 59.5 Å². The summed E-state index contributed by atoms with van der Waals surface area (Å²) in [5, 5.41) is 15.3. The van der Waals surface area contributed by atoms with E-state index in [0.29, 0.717) is 25.2 Å². The number of carboxylic acids is 2. The number of ether oxygens (including phenoxy) is 1. The van der Waals surface area contributed by atoms with E-state index in [0.717, 1.165) is 27.3 Å². The monoisotopic (exact) mass is 528 g/mol. The first-order valence-electron chi connectivity index (χ1n) is 11.5. The second kappa shape index (κ2) is 13.6. The van der Waals surface area contributed by atoms with Gasteiger partial charge >= 0.3 is 17.9 Å². The number of hydrogen-bond acceptors (Lipinski definition) is 7. The number of rotatable bonds is 7. The van der Waals surface area contributed by atoms with Gasteiger partial charge < -0.3 is 24.7 Å². The number of carbonyl (C=O) groups excluding carboxylic acids is 2. The average Bonchev–Trinajstić information content (AvgIpc) is 2.91. The number of benzene rings is 2. The Morgan fingerprint density at radius 3 is 2.08 bits per heavy atom. The van der Waals surface area contributed by atoms with Crippen LogP contribution in [0.5, 0.6) is 0 Å². The summed E-state index contributed by atoms with van der Waals surface area (Å²) < 4.78 is 5.61. The van der Waals surface area contributed by atoms with Gasteiger partial charge in [-0.25, -0.2) is 9.59 Å². The van der Waals surface area contributed by atoms with Gasteiger partial charge in [0.25, 0.3) is 5.91 Å². The van der Waals surface area contributed by atoms with Crippen molar-refractivity contribution in [1.82, 2.24) is 4.90 Å². The molecular weight excluding hydrogens is 496 g/mol. The van der Waals surface area contributed by atoms with E-state index in [4.69, 9.17) is 14.9 Å². The average molecular weight is 529 g/mol. The highest BCUT2D eigenvalue weighted by Gasteiger charge is 2.40. The van der Waals surface area contributed by atoms with Crippen LogP contribution in [0.2, 0.25) is 0 Å². The number of esters is 1. The Morgan fingerprint density at radius 1 is 1.00 bits per heavy atom. The molecule has 0 unspecified atom stereocenters. The third-order valence-corrected chi connectivity index (χ3v) is 6.64. The number of anilines is 1. The molecule has 10 heteroatoms. The zero-order valence-corrected chi connectivity index (χ0v) is 22.3. The number of carbonyl (C=O) groups is 4. The molecule has 198 valence electrons. The summed E-state index contributed by atoms with van der Waals surface area (Å²) in [6, 6.07) is 14.2. The Bertz CT molecular complexity index is 1150. The van der Waals surface area contributed by atoms with Crippen molar-refractivity contribution in [2.75, 3.05) is 32.1 Å². The van der Waals surface area contributed by atoms with Crippen LogP contribution in [0, 0.1) is 13.8 Å². The quantitative estimate of drug-likeness (QED) is 0.409. The minimum absolute atomic E-state index is 0.178. The molecule has 9 nitrogen and oxygen atoms in total. The van der Waals surface area contributed by atoms with Gasteiger partial charge in [-0.05, 0) is 51.2 Å². The summed E-state index contributed by atoms with van der Waals surface area (Å²) in [7, 11) is 3.96. The number of thioether (sulfide) groups is 1. The zero-order chi connectivity index (χ0) is 27.7. The standard InChI is InChI=1S/C23H28N2O3S.C4H4O4/c1-15-6-9-18(10-7-15)22-21(28-17(3)26)23(27)25(13-12-24(4)5)19-11-8-16(2)14-20(19)29-22;5-3(6)1-2-4(7)8/h6-11,14,21-22H,12-13H2,1-5H3;1-2H,(H,5,6)(H,7,8)/t21-,22+;/m0./s1. The first kappa shape index (κ1) is 29.6. The number of fused-ring (bicyclic) bond motifs is 1. The molecule has 0 saturated heterocycles. The maximum atomic E-state index is 13.6. The van der Waals surface area contributed by atoms with Crippen LogP contribution in [0.1, 0.15) is 28.9 Å². The third kappa shape index (κ3) is 9.07. The molecule has 2 atom stereocenters. The van der Waals surface area contributed by atoms with Crippen LogP contribution in [0.4, 0.5) is 5.69 Å². The first-order chi connectivity index (χ1) is 17.4. The SMILES string of the molecule is CC(=O)O[C@@H]1C(=O)N(CCN(C)C)c2ccc(C)cc2S[C@@H]1c1ccc(C)cc1.O=C(O)C=CC(=O)O. The van der Waals surface area contributed by atoms with Crippen LogP contribution in [-0.4, -0.2) is 72.2 Å². The molecule has 1 aliphatic heterocycles. The van der Waals surface area contributed by atoms with Crippen molar-refractivity contribution in [3.63, 3.8) is 0 Å². The Kier molecular flexibility index (Phi) is 10.9. The van der Waals surface area contributed by atoms with Crippen molar-refractivity contribution in [3.05, 3.63) is 71.3 Å². The van der Waals surface area contributed by atoms with Gasteiger partial charge in [-0.15, -0.1) is 11.8 Å². The van der Waals surface area contributed by atoms with Gasteiger partial charge in [0.05, 0.1) is 10.9 Å². The number of carboxylic acid groups (broad SMARTS) is 2. The molecule has 0 aromatic heterocycles. The minimum Gasteiger partial charge on any atom is -0.478 e. The smallest absolute Gasteiger partial charge is 0.328 e. The van der Waals surface area contributed by atoms with Crippen LogP contribution < -0.4 is 4.90 Å². The van der Waals surface area contributed by atoms with Crippen LogP contribution in [0.25, 0.3) is 0 Å². The van der Waals surface area contributed by atoms with Crippen LogP contribution >= 0.6 is 11.8 Å². The van der Waals surface area contributed by atoms with E-state index in [-0.39, 0.29) is 11.2 Å². The molecule has 0 fully saturated rings. The zero-order valence-electron chi connectivity index (χ0n) is 21.5. The fourth-order valence-electron chi connectivity index (χ4n) is 3.50. The third-order valence-electron chi connectivity index (χ3n) is 5.28. The van der Waals surface area contributed by atoms with Crippen molar-refractivity contribution in [1.29, 1.82) is 0 Å². The molecular formula is C27H32N2O7S. The first-order valence-corrected chi connectivity index (χ1v) is 12.4. The van der Waals surface area contributed by atoms with Gasteiger partial charge in [0.2, 0.25) is 0 Å². The Balaban J connectivity index is 0.000000521. The van der Waals surface area contributed by atoms with Crippen molar-refractivity contribution in [2.45, 2.75) is 37.0 Å². The molecule has 0 spiro atoms. The minimum atomic E-state index is -1.26. The van der Waals surface area contributed by atoms with Crippen molar-refractivity contribution in [2.24, 2.45) is 0 Å². The topological polar surface area (TPSA) is 124 Å². The Labute approximate surface area is 220 Å².